The van der Waals surface area contributed by atoms with Crippen molar-refractivity contribution in [1.82, 2.24) is 5.32 Å². The van der Waals surface area contributed by atoms with Gasteiger partial charge in [-0.2, -0.15) is 4.31 Å². The third-order valence-corrected chi connectivity index (χ3v) is 4.32. The lowest BCUT2D eigenvalue weighted by Gasteiger charge is -2.20. The van der Waals surface area contributed by atoms with Crippen LogP contribution in [0.1, 0.15) is 11.1 Å². The van der Waals surface area contributed by atoms with Gasteiger partial charge in [0.15, 0.2) is 0 Å². The van der Waals surface area contributed by atoms with Gasteiger partial charge in [-0.25, -0.2) is 18.0 Å². The molecule has 25 heavy (non-hydrogen) atoms. The fourth-order valence-corrected chi connectivity index (χ4v) is 3.02. The number of sulfonamides is 1. The molecule has 2 rings (SSSR count). The smallest absolute Gasteiger partial charge is 0.308 e. The number of hydrogen-bond acceptors (Lipinski definition) is 4. The van der Waals surface area contributed by atoms with E-state index >= 15 is 0 Å². The van der Waals surface area contributed by atoms with Gasteiger partial charge in [0.1, 0.15) is 0 Å². The van der Waals surface area contributed by atoms with Crippen molar-refractivity contribution in [2.24, 2.45) is 0 Å². The Morgan fingerprint density at radius 2 is 1.60 bits per heavy atom. The third kappa shape index (κ3) is 5.05. The van der Waals surface area contributed by atoms with Gasteiger partial charge >= 0.3 is 12.1 Å². The van der Waals surface area contributed by atoms with E-state index < -0.39 is 22.1 Å². The van der Waals surface area contributed by atoms with Crippen molar-refractivity contribution in [1.29, 1.82) is 0 Å². The van der Waals surface area contributed by atoms with Gasteiger partial charge in [-0.05, 0) is 43.7 Å². The molecule has 0 atom stereocenters. The Kier molecular flexibility index (Phi) is 5.43. The number of carbonyl (C=O) groups excluding carboxylic acids is 2. The minimum atomic E-state index is -3.91. The number of carbonyl (C=O) groups is 2. The summed E-state index contributed by atoms with van der Waals surface area (Å²) < 4.78 is 24.5. The summed E-state index contributed by atoms with van der Waals surface area (Å²) in [6.07, 6.45) is 0.894. The summed E-state index contributed by atoms with van der Waals surface area (Å²) in [5.74, 6) is 0. The number of amides is 4. The van der Waals surface area contributed by atoms with E-state index in [0.29, 0.717) is 9.99 Å². The van der Waals surface area contributed by atoms with Crippen LogP contribution in [-0.4, -0.2) is 26.7 Å². The Hall–Kier alpha value is -2.87. The van der Waals surface area contributed by atoms with Gasteiger partial charge in [-0.3, -0.25) is 5.32 Å². The second-order valence-electron chi connectivity index (χ2n) is 5.62. The number of hydrogen-bond donors (Lipinski definition) is 2. The van der Waals surface area contributed by atoms with Gasteiger partial charge in [0.05, 0.1) is 11.9 Å². The van der Waals surface area contributed by atoms with Crippen LogP contribution >= 0.6 is 0 Å². The largest absolute Gasteiger partial charge is 0.343 e. The molecular weight excluding hydrogens is 342 g/mol. The first-order chi connectivity index (χ1) is 11.7. The Labute approximate surface area is 146 Å². The molecule has 0 fully saturated rings. The minimum Gasteiger partial charge on any atom is -0.308 e. The van der Waals surface area contributed by atoms with Crippen molar-refractivity contribution < 1.29 is 18.0 Å². The van der Waals surface area contributed by atoms with Gasteiger partial charge in [-0.1, -0.05) is 29.8 Å². The molecule has 0 radical (unpaired) electrons. The van der Waals surface area contributed by atoms with E-state index in [0.717, 1.165) is 17.4 Å². The van der Waals surface area contributed by atoms with Crippen LogP contribution in [0.15, 0.2) is 48.5 Å². The topological polar surface area (TPSA) is 95.6 Å². The number of aryl methyl sites for hydroxylation is 2. The van der Waals surface area contributed by atoms with Crippen molar-refractivity contribution in [3.05, 3.63) is 59.7 Å². The first kappa shape index (κ1) is 18.5. The fourth-order valence-electron chi connectivity index (χ4n) is 2.17. The summed E-state index contributed by atoms with van der Waals surface area (Å²) >= 11 is 0. The summed E-state index contributed by atoms with van der Waals surface area (Å²) in [5.41, 5.74) is 2.48. The summed E-state index contributed by atoms with van der Waals surface area (Å²) in [5, 5.41) is 4.51. The van der Waals surface area contributed by atoms with Crippen LogP contribution in [0.5, 0.6) is 0 Å². The number of anilines is 2. The molecule has 2 aromatic carbocycles. The van der Waals surface area contributed by atoms with Crippen LogP contribution in [-0.2, 0) is 10.0 Å². The molecule has 0 aliphatic heterocycles. The number of benzene rings is 2. The highest BCUT2D eigenvalue weighted by atomic mass is 32.2. The van der Waals surface area contributed by atoms with E-state index in [2.05, 4.69) is 5.32 Å². The van der Waals surface area contributed by atoms with Crippen molar-refractivity contribution >= 4 is 33.5 Å². The van der Waals surface area contributed by atoms with Crippen molar-refractivity contribution in [3.63, 3.8) is 0 Å². The number of imide groups is 1. The normalized spacial score (nSPS) is 10.8. The summed E-state index contributed by atoms with van der Waals surface area (Å²) in [4.78, 5) is 24.3. The molecular formula is C17H19N3O4S. The summed E-state index contributed by atoms with van der Waals surface area (Å²) in [7, 11) is -3.91. The van der Waals surface area contributed by atoms with E-state index in [1.54, 1.807) is 30.3 Å². The Morgan fingerprint density at radius 1 is 0.960 bits per heavy atom. The molecule has 0 aliphatic rings. The molecule has 7 nitrogen and oxygen atoms in total. The zero-order chi connectivity index (χ0) is 18.6. The molecule has 0 aliphatic carbocycles. The maximum atomic E-state index is 12.3. The molecule has 2 N–H and O–H groups in total. The lowest BCUT2D eigenvalue weighted by atomic mass is 10.2. The molecule has 2 aromatic rings. The monoisotopic (exact) mass is 361 g/mol. The van der Waals surface area contributed by atoms with Crippen LogP contribution in [0.25, 0.3) is 0 Å². The van der Waals surface area contributed by atoms with E-state index in [-0.39, 0.29) is 5.69 Å². The molecule has 132 valence electrons. The molecule has 0 bridgehead atoms. The van der Waals surface area contributed by atoms with Crippen LogP contribution < -0.4 is 14.9 Å². The van der Waals surface area contributed by atoms with Crippen LogP contribution in [0.4, 0.5) is 21.0 Å². The highest BCUT2D eigenvalue weighted by Gasteiger charge is 2.26. The second-order valence-corrected chi connectivity index (χ2v) is 7.45. The van der Waals surface area contributed by atoms with Gasteiger partial charge in [0.2, 0.25) is 10.0 Å². The quantitative estimate of drug-likeness (QED) is 0.878. The summed E-state index contributed by atoms with van der Waals surface area (Å²) in [6.45, 7) is 3.70. The molecule has 8 heteroatoms. The van der Waals surface area contributed by atoms with Crippen molar-refractivity contribution in [2.75, 3.05) is 15.9 Å². The van der Waals surface area contributed by atoms with E-state index in [4.69, 9.17) is 0 Å². The van der Waals surface area contributed by atoms with Crippen LogP contribution in [0.2, 0.25) is 0 Å². The third-order valence-electron chi connectivity index (χ3n) is 3.28. The maximum Gasteiger partial charge on any atom is 0.343 e. The molecule has 0 heterocycles. The zero-order valence-corrected chi connectivity index (χ0v) is 14.9. The number of urea groups is 2. The molecule has 0 saturated carbocycles. The molecule has 0 unspecified atom stereocenters. The first-order valence-corrected chi connectivity index (χ1v) is 9.27. The average Bonchev–Trinajstić information content (AvgIpc) is 2.48. The first-order valence-electron chi connectivity index (χ1n) is 7.42. The summed E-state index contributed by atoms with van der Waals surface area (Å²) in [6, 6.07) is 11.4. The molecule has 0 spiro atoms. The number of rotatable bonds is 3. The highest BCUT2D eigenvalue weighted by Crippen LogP contribution is 2.18. The van der Waals surface area contributed by atoms with Gasteiger partial charge in [-0.15, -0.1) is 0 Å². The van der Waals surface area contributed by atoms with Crippen LogP contribution in [0, 0.1) is 13.8 Å². The molecule has 4 amide bonds. The molecule has 0 aromatic heterocycles. The Bertz CT molecular complexity index is 892. The standard InChI is InChI=1S/C17H19N3O4S/c1-12-7-9-15(10-8-12)20(25(3,23)24)17(22)19-16(21)18-14-6-4-5-13(2)11-14/h4-11H,1-3H3,(H2,18,19,21,22). The lowest BCUT2D eigenvalue weighted by molar-refractivity contribution is 0.238. The Balaban J connectivity index is 2.17. The zero-order valence-electron chi connectivity index (χ0n) is 14.1. The average molecular weight is 361 g/mol. The second kappa shape index (κ2) is 7.35. The van der Waals surface area contributed by atoms with Gasteiger partial charge in [0.25, 0.3) is 0 Å². The van der Waals surface area contributed by atoms with E-state index in [1.165, 1.54) is 12.1 Å². The van der Waals surface area contributed by atoms with Gasteiger partial charge < -0.3 is 5.32 Å². The maximum absolute atomic E-state index is 12.3. The van der Waals surface area contributed by atoms with Crippen LogP contribution in [0.3, 0.4) is 0 Å². The predicted molar refractivity (Wildman–Crippen MR) is 97.2 cm³/mol. The Morgan fingerprint density at radius 3 is 2.16 bits per heavy atom. The molecule has 0 saturated heterocycles. The minimum absolute atomic E-state index is 0.147. The highest BCUT2D eigenvalue weighted by molar-refractivity contribution is 7.92. The van der Waals surface area contributed by atoms with Gasteiger partial charge in [0, 0.05) is 5.69 Å². The van der Waals surface area contributed by atoms with Crippen molar-refractivity contribution in [2.45, 2.75) is 13.8 Å². The SMILES string of the molecule is Cc1ccc(N(C(=O)NC(=O)Nc2cccc(C)c2)S(C)(=O)=O)cc1. The lowest BCUT2D eigenvalue weighted by Crippen LogP contribution is -2.47. The van der Waals surface area contributed by atoms with Crippen molar-refractivity contribution in [3.8, 4) is 0 Å². The number of nitrogens with zero attached hydrogens (tertiary/aromatic N) is 1. The predicted octanol–water partition coefficient (Wildman–Crippen LogP) is 3.01. The fraction of sp³-hybridized carbons (Fsp3) is 0.176. The van der Waals surface area contributed by atoms with E-state index in [1.807, 2.05) is 25.2 Å². The number of nitrogens with one attached hydrogen (secondary N) is 2. The van der Waals surface area contributed by atoms with E-state index in [9.17, 15) is 18.0 Å².